The van der Waals surface area contributed by atoms with Crippen molar-refractivity contribution in [2.45, 2.75) is 13.8 Å². The van der Waals surface area contributed by atoms with E-state index in [9.17, 15) is 10.1 Å². The Hall–Kier alpha value is -1.89. The van der Waals surface area contributed by atoms with Gasteiger partial charge in [-0.15, -0.1) is 0 Å². The van der Waals surface area contributed by atoms with Crippen molar-refractivity contribution in [3.8, 4) is 0 Å². The minimum absolute atomic E-state index is 0.0166. The molecule has 7 nitrogen and oxygen atoms in total. The zero-order valence-electron chi connectivity index (χ0n) is 12.0. The molecule has 1 aliphatic rings. The number of nitrogens with two attached hydrogens (primary N) is 1. The smallest absolute Gasteiger partial charge is 0.311 e. The highest BCUT2D eigenvalue weighted by molar-refractivity contribution is 5.58. The molecule has 0 aromatic carbocycles. The van der Waals surface area contributed by atoms with Crippen LogP contribution >= 0.6 is 0 Å². The number of hydrogen-bond acceptors (Lipinski definition) is 6. The first-order valence-electron chi connectivity index (χ1n) is 6.85. The van der Waals surface area contributed by atoms with Gasteiger partial charge in [0.15, 0.2) is 0 Å². The Kier molecular flexibility index (Phi) is 4.39. The van der Waals surface area contributed by atoms with E-state index in [4.69, 9.17) is 5.73 Å². The summed E-state index contributed by atoms with van der Waals surface area (Å²) in [4.78, 5) is 18.9. The summed E-state index contributed by atoms with van der Waals surface area (Å²) in [6, 6.07) is 3.10. The third-order valence-corrected chi connectivity index (χ3v) is 3.40. The first-order chi connectivity index (χ1) is 9.47. The Morgan fingerprint density at radius 2 is 2.00 bits per heavy atom. The fraction of sp³-hybridized carbons (Fsp3) is 0.615. The summed E-state index contributed by atoms with van der Waals surface area (Å²) in [5, 5.41) is 10.7. The van der Waals surface area contributed by atoms with E-state index >= 15 is 0 Å². The fourth-order valence-corrected chi connectivity index (χ4v) is 2.46. The Bertz CT molecular complexity index is 484. The molecule has 0 atom stereocenters. The number of hydrogen-bond donors (Lipinski definition) is 1. The third kappa shape index (κ3) is 3.36. The molecule has 2 heterocycles. The van der Waals surface area contributed by atoms with Gasteiger partial charge in [0, 0.05) is 38.8 Å². The molecule has 0 bridgehead atoms. The zero-order valence-corrected chi connectivity index (χ0v) is 12.0. The summed E-state index contributed by atoms with van der Waals surface area (Å²) < 4.78 is 0. The normalized spacial score (nSPS) is 16.6. The average Bonchev–Trinajstić information content (AvgIpc) is 2.38. The first kappa shape index (κ1) is 14.5. The van der Waals surface area contributed by atoms with E-state index < -0.39 is 4.92 Å². The van der Waals surface area contributed by atoms with Crippen LogP contribution in [-0.2, 0) is 0 Å². The number of nitro groups is 1. The lowest BCUT2D eigenvalue weighted by molar-refractivity contribution is -0.384. The van der Waals surface area contributed by atoms with E-state index in [1.165, 1.54) is 6.07 Å². The van der Waals surface area contributed by atoms with Crippen LogP contribution in [0.1, 0.15) is 13.8 Å². The van der Waals surface area contributed by atoms with Gasteiger partial charge < -0.3 is 10.6 Å². The second-order valence-electron chi connectivity index (χ2n) is 5.51. The molecule has 0 saturated carbocycles. The van der Waals surface area contributed by atoms with E-state index in [0.717, 1.165) is 38.5 Å². The van der Waals surface area contributed by atoms with Gasteiger partial charge in [-0.25, -0.2) is 4.98 Å². The molecule has 1 aromatic rings. The number of anilines is 2. The number of piperazine rings is 1. The highest BCUT2D eigenvalue weighted by Gasteiger charge is 2.20. The van der Waals surface area contributed by atoms with Crippen molar-refractivity contribution in [2.24, 2.45) is 5.92 Å². The molecule has 2 rings (SSSR count). The molecule has 0 amide bonds. The Labute approximate surface area is 118 Å². The van der Waals surface area contributed by atoms with Crippen LogP contribution in [0, 0.1) is 16.0 Å². The van der Waals surface area contributed by atoms with Gasteiger partial charge in [0.25, 0.3) is 0 Å². The lowest BCUT2D eigenvalue weighted by Crippen LogP contribution is -2.47. The average molecular weight is 279 g/mol. The highest BCUT2D eigenvalue weighted by Crippen LogP contribution is 2.23. The van der Waals surface area contributed by atoms with Crippen LogP contribution in [0.4, 0.5) is 17.3 Å². The Morgan fingerprint density at radius 3 is 2.50 bits per heavy atom. The van der Waals surface area contributed by atoms with Gasteiger partial charge in [-0.1, -0.05) is 13.8 Å². The maximum Gasteiger partial charge on any atom is 0.311 e. The van der Waals surface area contributed by atoms with Gasteiger partial charge >= 0.3 is 5.69 Å². The lowest BCUT2D eigenvalue weighted by Gasteiger charge is -2.36. The van der Waals surface area contributed by atoms with Crippen LogP contribution in [0.25, 0.3) is 0 Å². The minimum Gasteiger partial charge on any atom is -0.378 e. The summed E-state index contributed by atoms with van der Waals surface area (Å²) in [5.74, 6) is 1.36. The van der Waals surface area contributed by atoms with Crippen molar-refractivity contribution in [3.05, 3.63) is 22.2 Å². The number of rotatable bonds is 4. The molecule has 1 aliphatic heterocycles. The summed E-state index contributed by atoms with van der Waals surface area (Å²) >= 11 is 0. The summed E-state index contributed by atoms with van der Waals surface area (Å²) in [6.45, 7) is 9.24. The van der Waals surface area contributed by atoms with Crippen molar-refractivity contribution in [1.29, 1.82) is 0 Å². The van der Waals surface area contributed by atoms with Crippen LogP contribution in [0.3, 0.4) is 0 Å². The maximum atomic E-state index is 10.7. The second-order valence-corrected chi connectivity index (χ2v) is 5.51. The van der Waals surface area contributed by atoms with Crippen molar-refractivity contribution in [3.63, 3.8) is 0 Å². The summed E-state index contributed by atoms with van der Waals surface area (Å²) in [6.07, 6.45) is 0. The molecule has 0 unspecified atom stereocenters. The molecule has 1 saturated heterocycles. The molecule has 1 aromatic heterocycles. The minimum atomic E-state index is -0.507. The van der Waals surface area contributed by atoms with E-state index in [1.54, 1.807) is 6.07 Å². The molecule has 1 fully saturated rings. The second kappa shape index (κ2) is 6.04. The molecule has 7 heteroatoms. The van der Waals surface area contributed by atoms with Crippen LogP contribution in [0.2, 0.25) is 0 Å². The van der Waals surface area contributed by atoms with Crippen molar-refractivity contribution >= 4 is 17.3 Å². The van der Waals surface area contributed by atoms with Crippen LogP contribution in [0.5, 0.6) is 0 Å². The maximum absolute atomic E-state index is 10.7. The molecular formula is C13H21N5O2. The summed E-state index contributed by atoms with van der Waals surface area (Å²) in [7, 11) is 0. The third-order valence-electron chi connectivity index (χ3n) is 3.40. The van der Waals surface area contributed by atoms with E-state index in [-0.39, 0.29) is 11.5 Å². The van der Waals surface area contributed by atoms with E-state index in [0.29, 0.717) is 5.92 Å². The van der Waals surface area contributed by atoms with E-state index in [2.05, 4.69) is 28.6 Å². The largest absolute Gasteiger partial charge is 0.378 e. The molecule has 0 aliphatic carbocycles. The molecule has 2 N–H and O–H groups in total. The number of pyridine rings is 1. The SMILES string of the molecule is CC(C)CN1CCN(c2ccc([N+](=O)[O-])c(N)n2)CC1. The molecule has 0 radical (unpaired) electrons. The zero-order chi connectivity index (χ0) is 14.7. The van der Waals surface area contributed by atoms with Crippen molar-refractivity contribution in [2.75, 3.05) is 43.4 Å². The number of aromatic nitrogens is 1. The van der Waals surface area contributed by atoms with Crippen LogP contribution < -0.4 is 10.6 Å². The predicted octanol–water partition coefficient (Wildman–Crippen LogP) is 1.35. The van der Waals surface area contributed by atoms with Crippen LogP contribution in [-0.4, -0.2) is 47.5 Å². The summed E-state index contributed by atoms with van der Waals surface area (Å²) in [5.41, 5.74) is 5.50. The monoisotopic (exact) mass is 279 g/mol. The topological polar surface area (TPSA) is 88.5 Å². The highest BCUT2D eigenvalue weighted by atomic mass is 16.6. The van der Waals surface area contributed by atoms with Gasteiger partial charge in [0.05, 0.1) is 4.92 Å². The van der Waals surface area contributed by atoms with Gasteiger partial charge in [0.2, 0.25) is 5.82 Å². The number of nitrogen functional groups attached to an aromatic ring is 1. The lowest BCUT2D eigenvalue weighted by atomic mass is 10.2. The fourth-order valence-electron chi connectivity index (χ4n) is 2.46. The molecule has 110 valence electrons. The molecule has 0 spiro atoms. The standard InChI is InChI=1S/C13H21N5O2/c1-10(2)9-16-5-7-17(8-6-16)12-4-3-11(18(19)20)13(14)15-12/h3-4,10H,5-9H2,1-2H3,(H2,14,15). The van der Waals surface area contributed by atoms with E-state index in [1.807, 2.05) is 0 Å². The van der Waals surface area contributed by atoms with Gasteiger partial charge in [0.1, 0.15) is 5.82 Å². The molecule has 20 heavy (non-hydrogen) atoms. The Balaban J connectivity index is 2.00. The van der Waals surface area contributed by atoms with Gasteiger partial charge in [-0.05, 0) is 12.0 Å². The van der Waals surface area contributed by atoms with Crippen molar-refractivity contribution in [1.82, 2.24) is 9.88 Å². The van der Waals surface area contributed by atoms with Crippen molar-refractivity contribution < 1.29 is 4.92 Å². The molecular weight excluding hydrogens is 258 g/mol. The predicted molar refractivity (Wildman–Crippen MR) is 78.8 cm³/mol. The van der Waals surface area contributed by atoms with Gasteiger partial charge in [-0.3, -0.25) is 15.0 Å². The first-order valence-corrected chi connectivity index (χ1v) is 6.85. The Morgan fingerprint density at radius 1 is 1.35 bits per heavy atom. The quantitative estimate of drug-likeness (QED) is 0.661. The van der Waals surface area contributed by atoms with Crippen LogP contribution in [0.15, 0.2) is 12.1 Å². The number of nitrogens with zero attached hydrogens (tertiary/aromatic N) is 4. The van der Waals surface area contributed by atoms with Gasteiger partial charge in [-0.2, -0.15) is 0 Å².